The Bertz CT molecular complexity index is 662. The van der Waals surface area contributed by atoms with Gasteiger partial charge in [-0.2, -0.15) is 0 Å². The van der Waals surface area contributed by atoms with Crippen molar-refractivity contribution >= 4 is 35.6 Å². The molecule has 0 spiro atoms. The minimum Gasteiger partial charge on any atom is -0.327 e. The van der Waals surface area contributed by atoms with Crippen molar-refractivity contribution < 1.29 is 9.59 Å². The number of nitrogens with two attached hydrogens (primary N) is 1. The molecular formula is C20H31ClN4O2. The van der Waals surface area contributed by atoms with Gasteiger partial charge >= 0.3 is 0 Å². The van der Waals surface area contributed by atoms with E-state index >= 15 is 0 Å². The SMILES string of the molecule is CC1(C)CN(CCC(=O)Nc2ccc(N3CCCC3=O)cc2)CCC1N.Cl. The van der Waals surface area contributed by atoms with Gasteiger partial charge in [0.2, 0.25) is 11.8 Å². The average Bonchev–Trinajstić information content (AvgIpc) is 3.02. The van der Waals surface area contributed by atoms with Crippen LogP contribution >= 0.6 is 12.4 Å². The van der Waals surface area contributed by atoms with Crippen LogP contribution in [0.1, 0.15) is 39.5 Å². The number of carbonyl (C=O) groups is 2. The van der Waals surface area contributed by atoms with E-state index in [0.717, 1.165) is 50.4 Å². The maximum atomic E-state index is 12.2. The van der Waals surface area contributed by atoms with Crippen LogP contribution in [0.3, 0.4) is 0 Å². The predicted molar refractivity (Wildman–Crippen MR) is 111 cm³/mol. The molecule has 7 heteroatoms. The van der Waals surface area contributed by atoms with E-state index in [0.29, 0.717) is 12.8 Å². The number of rotatable bonds is 5. The largest absolute Gasteiger partial charge is 0.327 e. The van der Waals surface area contributed by atoms with Gasteiger partial charge in [0, 0.05) is 49.9 Å². The lowest BCUT2D eigenvalue weighted by Gasteiger charge is -2.42. The number of carbonyl (C=O) groups excluding carboxylic acids is 2. The molecule has 3 rings (SSSR count). The van der Waals surface area contributed by atoms with Crippen LogP contribution in [0.5, 0.6) is 0 Å². The molecule has 0 aromatic heterocycles. The van der Waals surface area contributed by atoms with Crippen molar-refractivity contribution in [2.75, 3.05) is 36.4 Å². The molecule has 150 valence electrons. The Kier molecular flexibility index (Phi) is 7.25. The molecule has 3 N–H and O–H groups in total. The lowest BCUT2D eigenvalue weighted by atomic mass is 9.80. The third kappa shape index (κ3) is 5.43. The summed E-state index contributed by atoms with van der Waals surface area (Å²) < 4.78 is 0. The van der Waals surface area contributed by atoms with Gasteiger partial charge in [0.05, 0.1) is 0 Å². The fourth-order valence-electron chi connectivity index (χ4n) is 3.80. The summed E-state index contributed by atoms with van der Waals surface area (Å²) in [5, 5.41) is 2.95. The highest BCUT2D eigenvalue weighted by Crippen LogP contribution is 2.27. The minimum atomic E-state index is 0. The lowest BCUT2D eigenvalue weighted by molar-refractivity contribution is -0.117. The zero-order valence-electron chi connectivity index (χ0n) is 16.2. The fraction of sp³-hybridized carbons (Fsp3) is 0.600. The van der Waals surface area contributed by atoms with Gasteiger partial charge in [-0.1, -0.05) is 13.8 Å². The second-order valence-electron chi connectivity index (χ2n) is 8.15. The Hall–Kier alpha value is -1.63. The summed E-state index contributed by atoms with van der Waals surface area (Å²) in [5.74, 6) is 0.189. The fourth-order valence-corrected chi connectivity index (χ4v) is 3.80. The Labute approximate surface area is 167 Å². The van der Waals surface area contributed by atoms with Gasteiger partial charge in [0.25, 0.3) is 0 Å². The zero-order chi connectivity index (χ0) is 18.7. The summed E-state index contributed by atoms with van der Waals surface area (Å²) in [7, 11) is 0. The molecule has 2 fully saturated rings. The standard InChI is InChI=1S/C20H30N4O2.ClH/c1-20(2)14-23(12-9-17(20)21)13-10-18(25)22-15-5-7-16(8-6-15)24-11-3-4-19(24)26;/h5-8,17H,3-4,9-14,21H2,1-2H3,(H,22,25);1H. The van der Waals surface area contributed by atoms with E-state index in [-0.39, 0.29) is 35.7 Å². The first kappa shape index (κ1) is 21.7. The summed E-state index contributed by atoms with van der Waals surface area (Å²) in [6.45, 7) is 7.80. The first-order chi connectivity index (χ1) is 12.3. The van der Waals surface area contributed by atoms with Crippen molar-refractivity contribution in [2.45, 2.75) is 45.6 Å². The summed E-state index contributed by atoms with van der Waals surface area (Å²) in [6.07, 6.45) is 2.98. The van der Waals surface area contributed by atoms with Crippen molar-refractivity contribution in [3.8, 4) is 0 Å². The van der Waals surface area contributed by atoms with Gasteiger partial charge < -0.3 is 20.9 Å². The second kappa shape index (κ2) is 9.04. The summed E-state index contributed by atoms with van der Waals surface area (Å²) in [4.78, 5) is 28.2. The van der Waals surface area contributed by atoms with E-state index in [1.807, 2.05) is 24.3 Å². The number of hydrogen-bond donors (Lipinski definition) is 2. The van der Waals surface area contributed by atoms with E-state index in [4.69, 9.17) is 5.73 Å². The molecule has 1 unspecified atom stereocenters. The van der Waals surface area contributed by atoms with Gasteiger partial charge in [-0.15, -0.1) is 12.4 Å². The molecule has 0 bridgehead atoms. The number of anilines is 2. The van der Waals surface area contributed by atoms with Crippen molar-refractivity contribution in [3.05, 3.63) is 24.3 Å². The number of amides is 2. The third-order valence-electron chi connectivity index (χ3n) is 5.58. The topological polar surface area (TPSA) is 78.7 Å². The van der Waals surface area contributed by atoms with Crippen molar-refractivity contribution in [1.82, 2.24) is 4.90 Å². The van der Waals surface area contributed by atoms with Crippen LogP contribution in [-0.2, 0) is 9.59 Å². The van der Waals surface area contributed by atoms with E-state index < -0.39 is 0 Å². The third-order valence-corrected chi connectivity index (χ3v) is 5.58. The van der Waals surface area contributed by atoms with E-state index in [2.05, 4.69) is 24.1 Å². The van der Waals surface area contributed by atoms with Crippen LogP contribution in [0.2, 0.25) is 0 Å². The average molecular weight is 395 g/mol. The zero-order valence-corrected chi connectivity index (χ0v) is 17.1. The van der Waals surface area contributed by atoms with Crippen LogP contribution in [0.15, 0.2) is 24.3 Å². The first-order valence-electron chi connectivity index (χ1n) is 9.53. The minimum absolute atomic E-state index is 0. The van der Waals surface area contributed by atoms with E-state index in [1.54, 1.807) is 4.90 Å². The van der Waals surface area contributed by atoms with E-state index in [9.17, 15) is 9.59 Å². The number of halogens is 1. The summed E-state index contributed by atoms with van der Waals surface area (Å²) >= 11 is 0. The molecule has 2 aliphatic rings. The van der Waals surface area contributed by atoms with Crippen molar-refractivity contribution in [2.24, 2.45) is 11.1 Å². The Morgan fingerprint density at radius 2 is 1.96 bits per heavy atom. The molecule has 1 aromatic rings. The molecular weight excluding hydrogens is 364 g/mol. The molecule has 2 aliphatic heterocycles. The van der Waals surface area contributed by atoms with Crippen molar-refractivity contribution in [1.29, 1.82) is 0 Å². The molecule has 0 radical (unpaired) electrons. The molecule has 0 saturated carbocycles. The predicted octanol–water partition coefficient (Wildman–Crippen LogP) is 2.62. The molecule has 2 saturated heterocycles. The number of nitrogens with zero attached hydrogens (tertiary/aromatic N) is 2. The number of nitrogens with one attached hydrogen (secondary N) is 1. The maximum Gasteiger partial charge on any atom is 0.227 e. The smallest absolute Gasteiger partial charge is 0.227 e. The highest BCUT2D eigenvalue weighted by Gasteiger charge is 2.33. The highest BCUT2D eigenvalue weighted by atomic mass is 35.5. The quantitative estimate of drug-likeness (QED) is 0.804. The monoisotopic (exact) mass is 394 g/mol. The molecule has 2 amide bonds. The van der Waals surface area contributed by atoms with Crippen LogP contribution in [0.4, 0.5) is 11.4 Å². The van der Waals surface area contributed by atoms with Gasteiger partial charge in [-0.3, -0.25) is 9.59 Å². The summed E-state index contributed by atoms with van der Waals surface area (Å²) in [5.41, 5.74) is 7.93. The van der Waals surface area contributed by atoms with Crippen LogP contribution < -0.4 is 16.0 Å². The number of hydrogen-bond acceptors (Lipinski definition) is 4. The molecule has 1 atom stereocenters. The second-order valence-corrected chi connectivity index (χ2v) is 8.15. The van der Waals surface area contributed by atoms with Crippen LogP contribution in [-0.4, -0.2) is 48.9 Å². The number of likely N-dealkylation sites (tertiary alicyclic amines) is 1. The van der Waals surface area contributed by atoms with Gasteiger partial charge in [0.15, 0.2) is 0 Å². The number of benzene rings is 1. The molecule has 0 aliphatic carbocycles. The summed E-state index contributed by atoms with van der Waals surface area (Å²) in [6, 6.07) is 7.75. The van der Waals surface area contributed by atoms with Gasteiger partial charge in [0.1, 0.15) is 0 Å². The molecule has 2 heterocycles. The number of piperidine rings is 1. The van der Waals surface area contributed by atoms with Crippen LogP contribution in [0.25, 0.3) is 0 Å². The van der Waals surface area contributed by atoms with Crippen LogP contribution in [0, 0.1) is 5.41 Å². The Morgan fingerprint density at radius 1 is 1.26 bits per heavy atom. The van der Waals surface area contributed by atoms with Crippen molar-refractivity contribution in [3.63, 3.8) is 0 Å². The molecule has 27 heavy (non-hydrogen) atoms. The van der Waals surface area contributed by atoms with Gasteiger partial charge in [-0.25, -0.2) is 0 Å². The first-order valence-corrected chi connectivity index (χ1v) is 9.53. The molecule has 6 nitrogen and oxygen atoms in total. The Balaban J connectivity index is 0.00000261. The molecule has 1 aromatic carbocycles. The highest BCUT2D eigenvalue weighted by molar-refractivity contribution is 5.96. The Morgan fingerprint density at radius 3 is 2.56 bits per heavy atom. The lowest BCUT2D eigenvalue weighted by Crippen LogP contribution is -2.52. The van der Waals surface area contributed by atoms with E-state index in [1.165, 1.54) is 0 Å². The van der Waals surface area contributed by atoms with Gasteiger partial charge in [-0.05, 0) is 49.1 Å². The normalized spacial score (nSPS) is 22.4. The maximum absolute atomic E-state index is 12.2.